The molecule has 5 nitrogen and oxygen atoms in total. The average molecular weight is 300 g/mol. The van der Waals surface area contributed by atoms with Gasteiger partial charge in [-0.1, -0.05) is 11.6 Å². The zero-order valence-corrected chi connectivity index (χ0v) is 12.5. The zero-order valence-electron chi connectivity index (χ0n) is 10.9. The van der Waals surface area contributed by atoms with Crippen molar-refractivity contribution in [3.63, 3.8) is 0 Å². The largest absolute Gasteiger partial charge is 0.462 e. The van der Waals surface area contributed by atoms with Gasteiger partial charge in [-0.05, 0) is 26.3 Å². The molecular weight excluding hydrogens is 286 g/mol. The van der Waals surface area contributed by atoms with Gasteiger partial charge >= 0.3 is 5.97 Å². The number of aryl methyl sites for hydroxylation is 1. The molecular formula is C12H14ClN3O2S. The molecule has 0 atom stereocenters. The van der Waals surface area contributed by atoms with Gasteiger partial charge in [0.2, 0.25) is 5.95 Å². The number of hydrogen-bond acceptors (Lipinski definition) is 6. The SMILES string of the molecule is CCNc1nc(Cl)c2c(C)c(C(=O)OCC)sc2n1. The molecule has 2 aromatic heterocycles. The van der Waals surface area contributed by atoms with Crippen molar-refractivity contribution in [3.8, 4) is 0 Å². The number of rotatable bonds is 4. The van der Waals surface area contributed by atoms with Crippen molar-refractivity contribution >= 4 is 45.1 Å². The fourth-order valence-corrected chi connectivity index (χ4v) is 3.16. The number of thiophene rings is 1. The quantitative estimate of drug-likeness (QED) is 0.693. The molecule has 0 bridgehead atoms. The number of hydrogen-bond donors (Lipinski definition) is 1. The number of nitrogens with one attached hydrogen (secondary N) is 1. The van der Waals surface area contributed by atoms with Crippen LogP contribution in [0.2, 0.25) is 5.15 Å². The first kappa shape index (κ1) is 14.0. The third-order valence-corrected chi connectivity index (χ3v) is 3.98. The van der Waals surface area contributed by atoms with Crippen molar-refractivity contribution in [3.05, 3.63) is 15.6 Å². The number of nitrogens with zero attached hydrogens (tertiary/aromatic N) is 2. The number of aromatic nitrogens is 2. The second kappa shape index (κ2) is 5.71. The molecule has 0 aromatic carbocycles. The van der Waals surface area contributed by atoms with Gasteiger partial charge in [0.05, 0.1) is 12.0 Å². The number of halogens is 1. The molecule has 0 aliphatic heterocycles. The molecule has 2 aromatic rings. The number of ether oxygens (including phenoxy) is 1. The van der Waals surface area contributed by atoms with E-state index in [1.165, 1.54) is 11.3 Å². The first-order chi connectivity index (χ1) is 9.08. The first-order valence-corrected chi connectivity index (χ1v) is 7.15. The number of esters is 1. The van der Waals surface area contributed by atoms with Crippen molar-refractivity contribution in [1.82, 2.24) is 9.97 Å². The number of carbonyl (C=O) groups excluding carboxylic acids is 1. The van der Waals surface area contributed by atoms with E-state index in [1.54, 1.807) is 6.92 Å². The molecule has 0 aliphatic carbocycles. The van der Waals surface area contributed by atoms with Crippen LogP contribution in [-0.2, 0) is 4.74 Å². The highest BCUT2D eigenvalue weighted by molar-refractivity contribution is 7.20. The number of anilines is 1. The van der Waals surface area contributed by atoms with Gasteiger partial charge in [0.1, 0.15) is 14.9 Å². The van der Waals surface area contributed by atoms with Gasteiger partial charge in [-0.3, -0.25) is 0 Å². The Balaban J connectivity index is 2.56. The second-order valence-electron chi connectivity index (χ2n) is 3.83. The second-order valence-corrected chi connectivity index (χ2v) is 5.18. The van der Waals surface area contributed by atoms with Gasteiger partial charge in [-0.25, -0.2) is 14.8 Å². The van der Waals surface area contributed by atoms with Crippen LogP contribution in [0.3, 0.4) is 0 Å². The number of fused-ring (bicyclic) bond motifs is 1. The standard InChI is InChI=1S/C12H14ClN3O2S/c1-4-14-12-15-9(13)7-6(3)8(11(17)18-5-2)19-10(7)16-12/h4-5H2,1-3H3,(H,14,15,16). The summed E-state index contributed by atoms with van der Waals surface area (Å²) in [5, 5.41) is 4.08. The topological polar surface area (TPSA) is 64.1 Å². The predicted molar refractivity (Wildman–Crippen MR) is 77.3 cm³/mol. The molecule has 0 radical (unpaired) electrons. The Hall–Kier alpha value is -1.40. The summed E-state index contributed by atoms with van der Waals surface area (Å²) in [6.45, 7) is 6.60. The van der Waals surface area contributed by atoms with Crippen LogP contribution in [0, 0.1) is 6.92 Å². The van der Waals surface area contributed by atoms with Crippen LogP contribution in [-0.4, -0.2) is 29.1 Å². The summed E-state index contributed by atoms with van der Waals surface area (Å²) in [6, 6.07) is 0. The number of carbonyl (C=O) groups is 1. The minimum Gasteiger partial charge on any atom is -0.462 e. The van der Waals surface area contributed by atoms with E-state index in [0.29, 0.717) is 34.0 Å². The molecule has 102 valence electrons. The highest BCUT2D eigenvalue weighted by atomic mass is 35.5. The van der Waals surface area contributed by atoms with Crippen LogP contribution in [0.1, 0.15) is 29.1 Å². The predicted octanol–water partition coefficient (Wildman–Crippen LogP) is 3.26. The minimum absolute atomic E-state index is 0.342. The average Bonchev–Trinajstić information content (AvgIpc) is 2.68. The van der Waals surface area contributed by atoms with Crippen LogP contribution in [0.4, 0.5) is 5.95 Å². The summed E-state index contributed by atoms with van der Waals surface area (Å²) in [7, 11) is 0. The first-order valence-electron chi connectivity index (χ1n) is 5.96. The van der Waals surface area contributed by atoms with Crippen LogP contribution in [0.15, 0.2) is 0 Å². The molecule has 0 fully saturated rings. The van der Waals surface area contributed by atoms with Crippen LogP contribution in [0.5, 0.6) is 0 Å². The van der Waals surface area contributed by atoms with Crippen LogP contribution >= 0.6 is 22.9 Å². The molecule has 0 amide bonds. The van der Waals surface area contributed by atoms with Gasteiger partial charge in [-0.15, -0.1) is 11.3 Å². The Labute approximate surface area is 120 Å². The lowest BCUT2D eigenvalue weighted by Crippen LogP contribution is -2.03. The molecule has 0 saturated carbocycles. The third-order valence-electron chi connectivity index (χ3n) is 2.54. The lowest BCUT2D eigenvalue weighted by molar-refractivity contribution is 0.0531. The lowest BCUT2D eigenvalue weighted by Gasteiger charge is -2.02. The van der Waals surface area contributed by atoms with Crippen molar-refractivity contribution in [2.45, 2.75) is 20.8 Å². The van der Waals surface area contributed by atoms with Gasteiger partial charge in [0, 0.05) is 6.54 Å². The molecule has 2 rings (SSSR count). The maximum Gasteiger partial charge on any atom is 0.348 e. The molecule has 1 N–H and O–H groups in total. The summed E-state index contributed by atoms with van der Waals surface area (Å²) >= 11 is 7.44. The molecule has 7 heteroatoms. The van der Waals surface area contributed by atoms with E-state index in [9.17, 15) is 4.79 Å². The van der Waals surface area contributed by atoms with Crippen molar-refractivity contribution < 1.29 is 9.53 Å². The fraction of sp³-hybridized carbons (Fsp3) is 0.417. The van der Waals surface area contributed by atoms with E-state index >= 15 is 0 Å². The van der Waals surface area contributed by atoms with E-state index in [-0.39, 0.29) is 5.97 Å². The molecule has 19 heavy (non-hydrogen) atoms. The van der Waals surface area contributed by atoms with E-state index in [4.69, 9.17) is 16.3 Å². The summed E-state index contributed by atoms with van der Waals surface area (Å²) < 4.78 is 5.02. The Morgan fingerprint density at radius 1 is 1.42 bits per heavy atom. The van der Waals surface area contributed by atoms with Crippen LogP contribution < -0.4 is 5.32 Å². The molecule has 2 heterocycles. The zero-order chi connectivity index (χ0) is 14.0. The fourth-order valence-electron chi connectivity index (χ4n) is 1.72. The molecule has 0 saturated heterocycles. The van der Waals surface area contributed by atoms with Gasteiger partial charge in [0.15, 0.2) is 0 Å². The summed E-state index contributed by atoms with van der Waals surface area (Å²) in [6.07, 6.45) is 0. The highest BCUT2D eigenvalue weighted by Crippen LogP contribution is 2.34. The Morgan fingerprint density at radius 3 is 2.79 bits per heavy atom. The Morgan fingerprint density at radius 2 is 2.16 bits per heavy atom. The van der Waals surface area contributed by atoms with Gasteiger partial charge in [-0.2, -0.15) is 0 Å². The van der Waals surface area contributed by atoms with Gasteiger partial charge < -0.3 is 10.1 Å². The van der Waals surface area contributed by atoms with Crippen molar-refractivity contribution in [2.24, 2.45) is 0 Å². The minimum atomic E-state index is -0.343. The van der Waals surface area contributed by atoms with E-state index in [2.05, 4.69) is 15.3 Å². The molecule has 0 aliphatic rings. The monoisotopic (exact) mass is 299 g/mol. The summed E-state index contributed by atoms with van der Waals surface area (Å²) in [4.78, 5) is 21.6. The van der Waals surface area contributed by atoms with Gasteiger partial charge in [0.25, 0.3) is 0 Å². The maximum atomic E-state index is 11.8. The highest BCUT2D eigenvalue weighted by Gasteiger charge is 2.20. The Bertz CT molecular complexity index is 627. The van der Waals surface area contributed by atoms with E-state index in [1.807, 2.05) is 13.8 Å². The van der Waals surface area contributed by atoms with Crippen molar-refractivity contribution in [1.29, 1.82) is 0 Å². The molecule has 0 spiro atoms. The maximum absolute atomic E-state index is 11.8. The van der Waals surface area contributed by atoms with E-state index < -0.39 is 0 Å². The third kappa shape index (κ3) is 2.64. The normalized spacial score (nSPS) is 10.7. The summed E-state index contributed by atoms with van der Waals surface area (Å²) in [5.74, 6) is 0.126. The van der Waals surface area contributed by atoms with Crippen molar-refractivity contribution in [2.75, 3.05) is 18.5 Å². The Kier molecular flexibility index (Phi) is 4.21. The summed E-state index contributed by atoms with van der Waals surface area (Å²) in [5.41, 5.74) is 0.770. The lowest BCUT2D eigenvalue weighted by atomic mass is 10.2. The van der Waals surface area contributed by atoms with Crippen LogP contribution in [0.25, 0.3) is 10.2 Å². The smallest absolute Gasteiger partial charge is 0.348 e. The van der Waals surface area contributed by atoms with E-state index in [0.717, 1.165) is 10.9 Å². The molecule has 0 unspecified atom stereocenters.